The molecule has 3 atom stereocenters. The fraction of sp³-hybridized carbons (Fsp3) is 0.500. The third kappa shape index (κ3) is 3.74. The van der Waals surface area contributed by atoms with Crippen LogP contribution in [0.5, 0.6) is 5.75 Å². The first-order valence-electron chi connectivity index (χ1n) is 7.24. The molecule has 22 heavy (non-hydrogen) atoms. The average Bonchev–Trinajstić information content (AvgIpc) is 2.89. The van der Waals surface area contributed by atoms with Crippen molar-refractivity contribution < 1.29 is 19.4 Å². The van der Waals surface area contributed by atoms with Gasteiger partial charge in [0.15, 0.2) is 0 Å². The number of thioether (sulfide) groups is 1. The summed E-state index contributed by atoms with van der Waals surface area (Å²) in [5, 5.41) is 8.91. The van der Waals surface area contributed by atoms with E-state index in [1.807, 2.05) is 38.1 Å². The van der Waals surface area contributed by atoms with Gasteiger partial charge < -0.3 is 14.7 Å². The lowest BCUT2D eigenvalue weighted by molar-refractivity contribution is -0.142. The van der Waals surface area contributed by atoms with E-state index in [0.717, 1.165) is 10.6 Å². The van der Waals surface area contributed by atoms with Crippen LogP contribution in [0.15, 0.2) is 29.2 Å². The first kappa shape index (κ1) is 16.7. The minimum atomic E-state index is -0.821. The van der Waals surface area contributed by atoms with E-state index in [1.54, 1.807) is 12.0 Å². The second-order valence-corrected chi connectivity index (χ2v) is 7.02. The lowest BCUT2D eigenvalue weighted by Crippen LogP contribution is -2.35. The van der Waals surface area contributed by atoms with Gasteiger partial charge in [-0.2, -0.15) is 0 Å². The molecule has 120 valence electrons. The number of carbonyl (C=O) groups is 2. The molecular formula is C16H21NO4S. The minimum Gasteiger partial charge on any atom is -0.497 e. The average molecular weight is 323 g/mol. The first-order chi connectivity index (χ1) is 10.4. The maximum atomic E-state index is 12.5. The van der Waals surface area contributed by atoms with Gasteiger partial charge >= 0.3 is 5.97 Å². The van der Waals surface area contributed by atoms with Crippen LogP contribution < -0.4 is 4.74 Å². The number of aliphatic carboxylic acids is 1. The van der Waals surface area contributed by atoms with Crippen molar-refractivity contribution in [3.63, 3.8) is 0 Å². The zero-order valence-corrected chi connectivity index (χ0v) is 13.8. The molecule has 1 saturated heterocycles. The SMILES string of the molecule is COc1ccc(SC(C)C(=O)N2C[C@@H](C)[C@H](C(=O)O)C2)cc1. The number of benzene rings is 1. The molecule has 0 bridgehead atoms. The highest BCUT2D eigenvalue weighted by Gasteiger charge is 2.38. The molecule has 1 N–H and O–H groups in total. The molecule has 1 aromatic rings. The summed E-state index contributed by atoms with van der Waals surface area (Å²) in [7, 11) is 1.61. The van der Waals surface area contributed by atoms with Crippen LogP contribution in [0.3, 0.4) is 0 Å². The molecule has 0 aliphatic carbocycles. The van der Waals surface area contributed by atoms with Gasteiger partial charge in [0, 0.05) is 18.0 Å². The molecular weight excluding hydrogens is 302 g/mol. The molecule has 1 aliphatic heterocycles. The molecule has 1 unspecified atom stereocenters. The van der Waals surface area contributed by atoms with Crippen LogP contribution in [0, 0.1) is 11.8 Å². The predicted molar refractivity (Wildman–Crippen MR) is 85.2 cm³/mol. The van der Waals surface area contributed by atoms with Crippen LogP contribution in [-0.2, 0) is 9.59 Å². The number of carbonyl (C=O) groups excluding carboxylic acids is 1. The Hall–Kier alpha value is -1.69. The molecule has 2 rings (SSSR count). The Bertz CT molecular complexity index is 546. The Labute approximate surface area is 134 Å². The number of methoxy groups -OCH3 is 1. The van der Waals surface area contributed by atoms with Gasteiger partial charge in [0.1, 0.15) is 5.75 Å². The summed E-state index contributed by atoms with van der Waals surface area (Å²) in [4.78, 5) is 26.3. The summed E-state index contributed by atoms with van der Waals surface area (Å²) < 4.78 is 5.11. The van der Waals surface area contributed by atoms with Crippen LogP contribution >= 0.6 is 11.8 Å². The van der Waals surface area contributed by atoms with Gasteiger partial charge in [0.25, 0.3) is 0 Å². The van der Waals surface area contributed by atoms with Gasteiger partial charge in [-0.15, -0.1) is 11.8 Å². The summed E-state index contributed by atoms with van der Waals surface area (Å²) in [6, 6.07) is 7.55. The molecule has 1 aliphatic rings. The van der Waals surface area contributed by atoms with Crippen LogP contribution in [0.2, 0.25) is 0 Å². The van der Waals surface area contributed by atoms with E-state index in [9.17, 15) is 9.59 Å². The van der Waals surface area contributed by atoms with E-state index in [4.69, 9.17) is 9.84 Å². The molecule has 1 aromatic carbocycles. The minimum absolute atomic E-state index is 0.000337. The highest BCUT2D eigenvalue weighted by atomic mass is 32.2. The lowest BCUT2D eigenvalue weighted by atomic mass is 9.99. The van der Waals surface area contributed by atoms with E-state index in [0.29, 0.717) is 13.1 Å². The van der Waals surface area contributed by atoms with Crippen molar-refractivity contribution in [2.75, 3.05) is 20.2 Å². The molecule has 0 radical (unpaired) electrons. The second kappa shape index (κ2) is 7.05. The summed E-state index contributed by atoms with van der Waals surface area (Å²) in [6.07, 6.45) is 0. The van der Waals surface area contributed by atoms with Crippen LogP contribution in [-0.4, -0.2) is 47.3 Å². The van der Waals surface area contributed by atoms with E-state index in [2.05, 4.69) is 0 Å². The van der Waals surface area contributed by atoms with Crippen LogP contribution in [0.4, 0.5) is 0 Å². The summed E-state index contributed by atoms with van der Waals surface area (Å²) >= 11 is 1.47. The number of hydrogen-bond acceptors (Lipinski definition) is 4. The largest absolute Gasteiger partial charge is 0.497 e. The fourth-order valence-corrected chi connectivity index (χ4v) is 3.59. The van der Waals surface area contributed by atoms with Gasteiger partial charge in [0.2, 0.25) is 5.91 Å². The van der Waals surface area contributed by atoms with Crippen molar-refractivity contribution in [1.29, 1.82) is 0 Å². The fourth-order valence-electron chi connectivity index (χ4n) is 2.63. The Morgan fingerprint density at radius 2 is 1.95 bits per heavy atom. The quantitative estimate of drug-likeness (QED) is 0.843. The van der Waals surface area contributed by atoms with Crippen molar-refractivity contribution in [3.8, 4) is 5.75 Å². The molecule has 1 amide bonds. The number of carboxylic acids is 1. The maximum absolute atomic E-state index is 12.5. The number of nitrogens with zero attached hydrogens (tertiary/aromatic N) is 1. The third-order valence-corrected chi connectivity index (χ3v) is 5.06. The van der Waals surface area contributed by atoms with Crippen molar-refractivity contribution in [1.82, 2.24) is 4.90 Å². The topological polar surface area (TPSA) is 66.8 Å². The number of hydrogen-bond donors (Lipinski definition) is 1. The molecule has 1 fully saturated rings. The number of carboxylic acid groups (broad SMARTS) is 1. The molecule has 0 aromatic heterocycles. The van der Waals surface area contributed by atoms with Gasteiger partial charge in [-0.3, -0.25) is 9.59 Å². The van der Waals surface area contributed by atoms with Crippen LogP contribution in [0.25, 0.3) is 0 Å². The number of amides is 1. The summed E-state index contributed by atoms with van der Waals surface area (Å²) in [5.41, 5.74) is 0. The standard InChI is InChI=1S/C16H21NO4S/c1-10-8-17(9-14(10)16(19)20)15(18)11(2)22-13-6-4-12(21-3)5-7-13/h4-7,10-11,14H,8-9H2,1-3H3,(H,19,20)/t10-,11?,14-/m1/s1. The normalized spacial score (nSPS) is 22.4. The molecule has 6 heteroatoms. The lowest BCUT2D eigenvalue weighted by Gasteiger charge is -2.20. The van der Waals surface area contributed by atoms with Gasteiger partial charge in [-0.1, -0.05) is 6.92 Å². The number of ether oxygens (including phenoxy) is 1. The number of rotatable bonds is 5. The smallest absolute Gasteiger partial charge is 0.308 e. The van der Waals surface area contributed by atoms with E-state index in [1.165, 1.54) is 11.8 Å². The highest BCUT2D eigenvalue weighted by molar-refractivity contribution is 8.00. The van der Waals surface area contributed by atoms with Crippen molar-refractivity contribution in [2.24, 2.45) is 11.8 Å². The number of likely N-dealkylation sites (tertiary alicyclic amines) is 1. The zero-order valence-electron chi connectivity index (χ0n) is 13.0. The van der Waals surface area contributed by atoms with Gasteiger partial charge in [-0.25, -0.2) is 0 Å². The first-order valence-corrected chi connectivity index (χ1v) is 8.12. The Kier molecular flexibility index (Phi) is 5.34. The summed E-state index contributed by atoms with van der Waals surface area (Å²) in [6.45, 7) is 4.56. The molecule has 1 heterocycles. The van der Waals surface area contributed by atoms with Crippen molar-refractivity contribution >= 4 is 23.6 Å². The Morgan fingerprint density at radius 3 is 2.45 bits per heavy atom. The van der Waals surface area contributed by atoms with E-state index < -0.39 is 11.9 Å². The molecule has 0 saturated carbocycles. The Balaban J connectivity index is 1.96. The van der Waals surface area contributed by atoms with Crippen LogP contribution in [0.1, 0.15) is 13.8 Å². The van der Waals surface area contributed by atoms with E-state index in [-0.39, 0.29) is 17.1 Å². The maximum Gasteiger partial charge on any atom is 0.308 e. The highest BCUT2D eigenvalue weighted by Crippen LogP contribution is 2.29. The van der Waals surface area contributed by atoms with Gasteiger partial charge in [-0.05, 0) is 37.1 Å². The Morgan fingerprint density at radius 1 is 1.32 bits per heavy atom. The van der Waals surface area contributed by atoms with Gasteiger partial charge in [0.05, 0.1) is 18.3 Å². The van der Waals surface area contributed by atoms with Crippen molar-refractivity contribution in [3.05, 3.63) is 24.3 Å². The third-order valence-electron chi connectivity index (χ3n) is 3.96. The monoisotopic (exact) mass is 323 g/mol. The zero-order chi connectivity index (χ0) is 16.3. The predicted octanol–water partition coefficient (Wildman–Crippen LogP) is 2.35. The molecule has 0 spiro atoms. The second-order valence-electron chi connectivity index (χ2n) is 5.60. The van der Waals surface area contributed by atoms with Crippen molar-refractivity contribution in [2.45, 2.75) is 24.0 Å². The molecule has 5 nitrogen and oxygen atoms in total. The van der Waals surface area contributed by atoms with E-state index >= 15 is 0 Å². The summed E-state index contributed by atoms with van der Waals surface area (Å²) in [5.74, 6) is -0.502.